The average molecular weight is 448 g/mol. The van der Waals surface area contributed by atoms with Crippen LogP contribution in [0.3, 0.4) is 0 Å². The Labute approximate surface area is 192 Å². The number of aromatic nitrogens is 2. The minimum absolute atomic E-state index is 0.133. The van der Waals surface area contributed by atoms with E-state index >= 15 is 0 Å². The lowest BCUT2D eigenvalue weighted by Crippen LogP contribution is -2.29. The fourth-order valence-electron chi connectivity index (χ4n) is 4.16. The first kappa shape index (κ1) is 21.4. The molecule has 6 nitrogen and oxygen atoms in total. The molecule has 0 bridgehead atoms. The Morgan fingerprint density at radius 3 is 2.48 bits per heavy atom. The van der Waals surface area contributed by atoms with Gasteiger partial charge in [0.05, 0.1) is 6.10 Å². The van der Waals surface area contributed by atoms with E-state index in [4.69, 9.17) is 9.47 Å². The van der Waals surface area contributed by atoms with Crippen LogP contribution >= 0.6 is 0 Å². The standard InChI is InChI=1S/C26H26FN3O3/c1-17-28-13-18(14-29-17)16-32-25-10-21(27)11-26(12-25)33-24-4-2-22(3-5-24)30-7-6-19(15-30)20-8-23(31)9-20/h2-5,10-15,20,23,31H,6-9,16H2,1H3. The fourth-order valence-corrected chi connectivity index (χ4v) is 4.16. The Hall–Kier alpha value is -3.45. The Bertz CT molecular complexity index is 1140. The van der Waals surface area contributed by atoms with Crippen molar-refractivity contribution in [2.45, 2.75) is 38.9 Å². The number of ether oxygens (including phenoxy) is 2. The molecule has 2 aromatic carbocycles. The molecule has 0 unspecified atom stereocenters. The highest BCUT2D eigenvalue weighted by molar-refractivity contribution is 5.54. The summed E-state index contributed by atoms with van der Waals surface area (Å²) in [6, 6.07) is 12.1. The minimum atomic E-state index is -0.435. The van der Waals surface area contributed by atoms with Crippen LogP contribution < -0.4 is 14.4 Å². The van der Waals surface area contributed by atoms with Crippen molar-refractivity contribution in [2.75, 3.05) is 11.4 Å². The molecule has 0 saturated heterocycles. The van der Waals surface area contributed by atoms with Crippen molar-refractivity contribution in [2.24, 2.45) is 5.92 Å². The minimum Gasteiger partial charge on any atom is -0.489 e. The van der Waals surface area contributed by atoms with Gasteiger partial charge in [-0.3, -0.25) is 0 Å². The summed E-state index contributed by atoms with van der Waals surface area (Å²) >= 11 is 0. The van der Waals surface area contributed by atoms with Crippen LogP contribution in [-0.2, 0) is 6.61 Å². The third-order valence-electron chi connectivity index (χ3n) is 6.09. The van der Waals surface area contributed by atoms with Gasteiger partial charge in [0.2, 0.25) is 0 Å². The zero-order valence-electron chi connectivity index (χ0n) is 18.4. The number of benzene rings is 2. The molecule has 0 spiro atoms. The molecule has 7 heteroatoms. The second-order valence-electron chi connectivity index (χ2n) is 8.62. The molecule has 1 fully saturated rings. The van der Waals surface area contributed by atoms with Crippen LogP contribution in [-0.4, -0.2) is 27.7 Å². The fraction of sp³-hybridized carbons (Fsp3) is 0.308. The van der Waals surface area contributed by atoms with Crippen molar-refractivity contribution < 1.29 is 19.0 Å². The van der Waals surface area contributed by atoms with Gasteiger partial charge < -0.3 is 19.5 Å². The number of aliphatic hydroxyl groups is 1. The van der Waals surface area contributed by atoms with Gasteiger partial charge in [-0.1, -0.05) is 0 Å². The van der Waals surface area contributed by atoms with Gasteiger partial charge in [-0.25, -0.2) is 14.4 Å². The molecular formula is C26H26FN3O3. The number of hydrogen-bond donors (Lipinski definition) is 1. The third-order valence-corrected chi connectivity index (χ3v) is 6.09. The first-order valence-electron chi connectivity index (χ1n) is 11.2. The van der Waals surface area contributed by atoms with Gasteiger partial charge in [0, 0.05) is 54.6 Å². The Morgan fingerprint density at radius 1 is 1.03 bits per heavy atom. The average Bonchev–Trinajstić information content (AvgIpc) is 3.26. The van der Waals surface area contributed by atoms with E-state index in [-0.39, 0.29) is 12.7 Å². The van der Waals surface area contributed by atoms with Crippen molar-refractivity contribution in [3.63, 3.8) is 0 Å². The zero-order valence-corrected chi connectivity index (χ0v) is 18.4. The molecule has 2 heterocycles. The smallest absolute Gasteiger partial charge is 0.134 e. The number of anilines is 1. The molecule has 0 atom stereocenters. The van der Waals surface area contributed by atoms with Crippen molar-refractivity contribution in [1.29, 1.82) is 0 Å². The Morgan fingerprint density at radius 2 is 1.76 bits per heavy atom. The van der Waals surface area contributed by atoms with Gasteiger partial charge in [0.15, 0.2) is 0 Å². The SMILES string of the molecule is Cc1ncc(COc2cc(F)cc(Oc3ccc(N4C=C(C5CC(O)C5)CC4)cc3)c2)cn1. The predicted molar refractivity (Wildman–Crippen MR) is 123 cm³/mol. The van der Waals surface area contributed by atoms with Crippen LogP contribution in [0.2, 0.25) is 0 Å². The lowest BCUT2D eigenvalue weighted by Gasteiger charge is -2.32. The molecule has 3 aromatic rings. The summed E-state index contributed by atoms with van der Waals surface area (Å²) in [6.07, 6.45) is 8.25. The number of nitrogens with zero attached hydrogens (tertiary/aromatic N) is 3. The quantitative estimate of drug-likeness (QED) is 0.540. The summed E-state index contributed by atoms with van der Waals surface area (Å²) in [4.78, 5) is 10.5. The number of aryl methyl sites for hydroxylation is 1. The van der Waals surface area contributed by atoms with Gasteiger partial charge in [-0.2, -0.15) is 0 Å². The Balaban J connectivity index is 1.21. The van der Waals surface area contributed by atoms with Gasteiger partial charge in [0.1, 0.15) is 35.5 Å². The zero-order chi connectivity index (χ0) is 22.8. The lowest BCUT2D eigenvalue weighted by atomic mass is 9.77. The van der Waals surface area contributed by atoms with Crippen LogP contribution in [0.1, 0.15) is 30.7 Å². The summed E-state index contributed by atoms with van der Waals surface area (Å²) in [5, 5.41) is 9.55. The second kappa shape index (κ2) is 9.19. The summed E-state index contributed by atoms with van der Waals surface area (Å²) in [7, 11) is 0. The molecular weight excluding hydrogens is 421 g/mol. The highest BCUT2D eigenvalue weighted by Gasteiger charge is 2.32. The maximum absolute atomic E-state index is 14.1. The molecule has 1 aromatic heterocycles. The summed E-state index contributed by atoms with van der Waals surface area (Å²) in [5.41, 5.74) is 3.31. The van der Waals surface area contributed by atoms with Crippen molar-refractivity contribution in [3.05, 3.63) is 83.8 Å². The van der Waals surface area contributed by atoms with E-state index in [1.54, 1.807) is 18.5 Å². The van der Waals surface area contributed by atoms with Crippen LogP contribution in [0.15, 0.2) is 66.6 Å². The van der Waals surface area contributed by atoms with Crippen LogP contribution in [0.5, 0.6) is 17.2 Å². The van der Waals surface area contributed by atoms with Crippen molar-refractivity contribution in [1.82, 2.24) is 9.97 Å². The molecule has 1 aliphatic carbocycles. The van der Waals surface area contributed by atoms with Crippen LogP contribution in [0, 0.1) is 18.7 Å². The Kier molecular flexibility index (Phi) is 5.96. The number of halogens is 1. The van der Waals surface area contributed by atoms with Crippen molar-refractivity contribution in [3.8, 4) is 17.2 Å². The topological polar surface area (TPSA) is 67.7 Å². The van der Waals surface area contributed by atoms with E-state index in [0.29, 0.717) is 29.0 Å². The van der Waals surface area contributed by atoms with E-state index in [9.17, 15) is 9.50 Å². The van der Waals surface area contributed by atoms with Gasteiger partial charge in [0.25, 0.3) is 0 Å². The van der Waals surface area contributed by atoms with Gasteiger partial charge in [-0.05, 0) is 61.9 Å². The van der Waals surface area contributed by atoms with Gasteiger partial charge in [-0.15, -0.1) is 0 Å². The van der Waals surface area contributed by atoms with Crippen LogP contribution in [0.25, 0.3) is 0 Å². The second-order valence-corrected chi connectivity index (χ2v) is 8.62. The van der Waals surface area contributed by atoms with E-state index in [0.717, 1.165) is 37.1 Å². The molecule has 170 valence electrons. The lowest BCUT2D eigenvalue weighted by molar-refractivity contribution is 0.0575. The molecule has 0 amide bonds. The maximum atomic E-state index is 14.1. The molecule has 5 rings (SSSR count). The summed E-state index contributed by atoms with van der Waals surface area (Å²) in [6.45, 7) is 3.00. The molecule has 2 aliphatic rings. The van der Waals surface area contributed by atoms with Crippen LogP contribution in [0.4, 0.5) is 10.1 Å². The predicted octanol–water partition coefficient (Wildman–Crippen LogP) is 5.16. The third kappa shape index (κ3) is 5.14. The summed E-state index contributed by atoms with van der Waals surface area (Å²) in [5.74, 6) is 2.13. The highest BCUT2D eigenvalue weighted by Crippen LogP contribution is 2.39. The van der Waals surface area contributed by atoms with E-state index in [1.807, 2.05) is 31.2 Å². The molecule has 1 N–H and O–H groups in total. The van der Waals surface area contributed by atoms with E-state index in [2.05, 4.69) is 21.1 Å². The molecule has 1 aliphatic heterocycles. The molecule has 1 saturated carbocycles. The first-order chi connectivity index (χ1) is 16.0. The largest absolute Gasteiger partial charge is 0.489 e. The number of rotatable bonds is 7. The van der Waals surface area contributed by atoms with Crippen molar-refractivity contribution >= 4 is 5.69 Å². The maximum Gasteiger partial charge on any atom is 0.134 e. The highest BCUT2D eigenvalue weighted by atomic mass is 19.1. The number of aliphatic hydroxyl groups excluding tert-OH is 1. The van der Waals surface area contributed by atoms with E-state index < -0.39 is 5.82 Å². The molecule has 0 radical (unpaired) electrons. The normalized spacial score (nSPS) is 19.7. The monoisotopic (exact) mass is 447 g/mol. The van der Waals surface area contributed by atoms with E-state index in [1.165, 1.54) is 17.7 Å². The summed E-state index contributed by atoms with van der Waals surface area (Å²) < 4.78 is 25.7. The first-order valence-corrected chi connectivity index (χ1v) is 11.2. The van der Waals surface area contributed by atoms with Gasteiger partial charge >= 0.3 is 0 Å². The molecule has 33 heavy (non-hydrogen) atoms. The number of hydrogen-bond acceptors (Lipinski definition) is 6.